The molecule has 3 rings (SSSR count). The summed E-state index contributed by atoms with van der Waals surface area (Å²) in [4.78, 5) is 12.1. The van der Waals surface area contributed by atoms with Crippen LogP contribution >= 0.6 is 0 Å². The van der Waals surface area contributed by atoms with E-state index in [4.69, 9.17) is 9.47 Å². The number of aryl methyl sites for hydroxylation is 1. The number of amides is 1. The summed E-state index contributed by atoms with van der Waals surface area (Å²) < 4.78 is 11.8. The molecule has 0 saturated carbocycles. The number of carbonyl (C=O) groups is 1. The van der Waals surface area contributed by atoms with Gasteiger partial charge in [0.2, 0.25) is 0 Å². The van der Waals surface area contributed by atoms with Crippen LogP contribution in [-0.4, -0.2) is 25.3 Å². The molecule has 0 saturated heterocycles. The second-order valence-corrected chi connectivity index (χ2v) is 6.85. The van der Waals surface area contributed by atoms with Crippen LogP contribution in [0.25, 0.3) is 0 Å². The number of rotatable bonds is 9. The minimum Gasteiger partial charge on any atom is -0.493 e. The first-order chi connectivity index (χ1) is 14.6. The first-order valence-electron chi connectivity index (χ1n) is 9.94. The van der Waals surface area contributed by atoms with Gasteiger partial charge in [-0.25, -0.2) is 5.43 Å². The molecule has 154 valence electrons. The monoisotopic (exact) mass is 402 g/mol. The quantitative estimate of drug-likeness (QED) is 0.314. The van der Waals surface area contributed by atoms with Crippen molar-refractivity contribution in [3.05, 3.63) is 95.1 Å². The summed E-state index contributed by atoms with van der Waals surface area (Å²) in [5, 5.41) is 4.05. The zero-order valence-corrected chi connectivity index (χ0v) is 17.3. The predicted molar refractivity (Wildman–Crippen MR) is 119 cm³/mol. The van der Waals surface area contributed by atoms with E-state index in [1.807, 2.05) is 54.6 Å². The number of nitrogens with one attached hydrogen (secondary N) is 1. The third-order valence-electron chi connectivity index (χ3n) is 4.68. The zero-order valence-electron chi connectivity index (χ0n) is 17.3. The highest BCUT2D eigenvalue weighted by Crippen LogP contribution is 2.21. The van der Waals surface area contributed by atoms with Crippen LogP contribution in [0.2, 0.25) is 0 Å². The lowest BCUT2D eigenvalue weighted by Gasteiger charge is -2.12. The Hall–Kier alpha value is -3.60. The first-order valence-corrected chi connectivity index (χ1v) is 9.94. The normalized spacial score (nSPS) is 10.7. The van der Waals surface area contributed by atoms with Gasteiger partial charge in [0, 0.05) is 17.5 Å². The zero-order chi connectivity index (χ0) is 21.2. The summed E-state index contributed by atoms with van der Waals surface area (Å²) in [6.45, 7) is 5.24. The third-order valence-corrected chi connectivity index (χ3v) is 4.68. The van der Waals surface area contributed by atoms with Crippen molar-refractivity contribution in [2.24, 2.45) is 5.10 Å². The third kappa shape index (κ3) is 5.95. The number of carbonyl (C=O) groups excluding carboxylic acids is 1. The van der Waals surface area contributed by atoms with Crippen LogP contribution in [-0.2, 0) is 0 Å². The van der Waals surface area contributed by atoms with Gasteiger partial charge in [-0.3, -0.25) is 4.79 Å². The average Bonchev–Trinajstić information content (AvgIpc) is 2.78. The lowest BCUT2D eigenvalue weighted by molar-refractivity contribution is 0.0955. The van der Waals surface area contributed by atoms with Gasteiger partial charge in [0.1, 0.15) is 11.5 Å². The van der Waals surface area contributed by atoms with Gasteiger partial charge in [-0.05, 0) is 55.3 Å². The number of hydrazone groups is 1. The maximum Gasteiger partial charge on any atom is 0.271 e. The highest BCUT2D eigenvalue weighted by molar-refractivity contribution is 5.95. The SMILES string of the molecule is Cc1cccc(OCCCOc2ccccc2C=NNC(=O)c2ccccc2)c1C. The maximum absolute atomic E-state index is 12.1. The summed E-state index contributed by atoms with van der Waals surface area (Å²) in [5.41, 5.74) is 6.27. The largest absolute Gasteiger partial charge is 0.493 e. The van der Waals surface area contributed by atoms with Crippen LogP contribution in [0.4, 0.5) is 0 Å². The van der Waals surface area contributed by atoms with E-state index in [2.05, 4.69) is 30.4 Å². The van der Waals surface area contributed by atoms with Crippen LogP contribution in [0, 0.1) is 13.8 Å². The standard InChI is InChI=1S/C25H26N2O3/c1-19-10-8-15-23(20(19)2)29-16-9-17-30-24-14-7-6-13-22(24)18-26-27-25(28)21-11-4-3-5-12-21/h3-8,10-15,18H,9,16-17H2,1-2H3,(H,27,28). The van der Waals surface area contributed by atoms with Crippen LogP contribution in [0.15, 0.2) is 77.9 Å². The maximum atomic E-state index is 12.1. The van der Waals surface area contributed by atoms with Gasteiger partial charge in [0.25, 0.3) is 5.91 Å². The molecule has 30 heavy (non-hydrogen) atoms. The number of para-hydroxylation sites is 1. The smallest absolute Gasteiger partial charge is 0.271 e. The molecule has 3 aromatic carbocycles. The Morgan fingerprint density at radius 2 is 1.53 bits per heavy atom. The van der Waals surface area contributed by atoms with Crippen molar-refractivity contribution in [2.45, 2.75) is 20.3 Å². The van der Waals surface area contributed by atoms with Crippen LogP contribution < -0.4 is 14.9 Å². The van der Waals surface area contributed by atoms with Crippen molar-refractivity contribution in [2.75, 3.05) is 13.2 Å². The summed E-state index contributed by atoms with van der Waals surface area (Å²) in [7, 11) is 0. The van der Waals surface area contributed by atoms with Gasteiger partial charge in [-0.15, -0.1) is 0 Å². The van der Waals surface area contributed by atoms with E-state index >= 15 is 0 Å². The van der Waals surface area contributed by atoms with Gasteiger partial charge in [-0.1, -0.05) is 42.5 Å². The molecule has 0 aliphatic rings. The Bertz CT molecular complexity index is 1000. The molecular formula is C25H26N2O3. The van der Waals surface area contributed by atoms with Crippen molar-refractivity contribution in [3.8, 4) is 11.5 Å². The van der Waals surface area contributed by atoms with Gasteiger partial charge in [0.15, 0.2) is 0 Å². The van der Waals surface area contributed by atoms with Gasteiger partial charge in [-0.2, -0.15) is 5.10 Å². The summed E-state index contributed by atoms with van der Waals surface area (Å²) in [5.74, 6) is 1.37. The predicted octanol–water partition coefficient (Wildman–Crippen LogP) is 4.92. The Morgan fingerprint density at radius 1 is 0.867 bits per heavy atom. The number of hydrogen-bond acceptors (Lipinski definition) is 4. The summed E-state index contributed by atoms with van der Waals surface area (Å²) in [6.07, 6.45) is 2.34. The van der Waals surface area contributed by atoms with E-state index in [9.17, 15) is 4.79 Å². The van der Waals surface area contributed by atoms with E-state index in [1.165, 1.54) is 5.56 Å². The Morgan fingerprint density at radius 3 is 2.33 bits per heavy atom. The second kappa shape index (κ2) is 10.8. The van der Waals surface area contributed by atoms with Crippen LogP contribution in [0.3, 0.4) is 0 Å². The van der Waals surface area contributed by atoms with E-state index in [1.54, 1.807) is 18.3 Å². The molecule has 0 aliphatic carbocycles. The topological polar surface area (TPSA) is 59.9 Å². The molecule has 1 N–H and O–H groups in total. The molecule has 0 aromatic heterocycles. The van der Waals surface area contributed by atoms with Crippen LogP contribution in [0.1, 0.15) is 33.5 Å². The molecule has 5 nitrogen and oxygen atoms in total. The number of ether oxygens (including phenoxy) is 2. The lowest BCUT2D eigenvalue weighted by Crippen LogP contribution is -2.17. The van der Waals surface area contributed by atoms with Gasteiger partial charge in [0.05, 0.1) is 19.4 Å². The van der Waals surface area contributed by atoms with Gasteiger partial charge >= 0.3 is 0 Å². The molecule has 0 unspecified atom stereocenters. The van der Waals surface area contributed by atoms with Gasteiger partial charge < -0.3 is 9.47 Å². The summed E-state index contributed by atoms with van der Waals surface area (Å²) in [6, 6.07) is 22.6. The van der Waals surface area contributed by atoms with E-state index in [0.717, 1.165) is 23.3 Å². The van der Waals surface area contributed by atoms with Crippen molar-refractivity contribution in [1.82, 2.24) is 5.43 Å². The van der Waals surface area contributed by atoms with Crippen LogP contribution in [0.5, 0.6) is 11.5 Å². The number of nitrogens with zero attached hydrogens (tertiary/aromatic N) is 1. The van der Waals surface area contributed by atoms with Crippen molar-refractivity contribution in [3.63, 3.8) is 0 Å². The fourth-order valence-electron chi connectivity index (χ4n) is 2.84. The van der Waals surface area contributed by atoms with E-state index in [0.29, 0.717) is 24.5 Å². The van der Waals surface area contributed by atoms with E-state index < -0.39 is 0 Å². The molecule has 0 heterocycles. The molecule has 0 radical (unpaired) electrons. The molecule has 3 aromatic rings. The average molecular weight is 402 g/mol. The fraction of sp³-hybridized carbons (Fsp3) is 0.200. The number of benzene rings is 3. The molecule has 0 spiro atoms. The highest BCUT2D eigenvalue weighted by atomic mass is 16.5. The molecule has 5 heteroatoms. The highest BCUT2D eigenvalue weighted by Gasteiger charge is 2.04. The first kappa shape index (κ1) is 21.1. The van der Waals surface area contributed by atoms with E-state index in [-0.39, 0.29) is 5.91 Å². The molecule has 0 aliphatic heterocycles. The Kier molecular flexibility index (Phi) is 7.61. The molecule has 1 amide bonds. The Balaban J connectivity index is 1.48. The lowest BCUT2D eigenvalue weighted by atomic mass is 10.1. The fourth-order valence-corrected chi connectivity index (χ4v) is 2.84. The molecule has 0 bridgehead atoms. The number of hydrogen-bond donors (Lipinski definition) is 1. The molecule has 0 atom stereocenters. The second-order valence-electron chi connectivity index (χ2n) is 6.85. The minimum atomic E-state index is -0.256. The Labute approximate surface area is 177 Å². The summed E-state index contributed by atoms with van der Waals surface area (Å²) >= 11 is 0. The van der Waals surface area contributed by atoms with Crippen molar-refractivity contribution in [1.29, 1.82) is 0 Å². The van der Waals surface area contributed by atoms with Crippen molar-refractivity contribution < 1.29 is 14.3 Å². The molecule has 0 fully saturated rings. The van der Waals surface area contributed by atoms with Crippen molar-refractivity contribution >= 4 is 12.1 Å². The molecular weight excluding hydrogens is 376 g/mol. The minimum absolute atomic E-state index is 0.256.